The van der Waals surface area contributed by atoms with E-state index in [0.29, 0.717) is 6.54 Å². The lowest BCUT2D eigenvalue weighted by molar-refractivity contribution is 0.232. The average molecular weight is 482 g/mol. The molecule has 1 fully saturated rings. The van der Waals surface area contributed by atoms with Crippen LogP contribution in [0.25, 0.3) is 5.69 Å². The quantitative estimate of drug-likeness (QED) is 0.362. The molecule has 1 aliphatic rings. The van der Waals surface area contributed by atoms with Crippen molar-refractivity contribution in [3.8, 4) is 5.69 Å². The van der Waals surface area contributed by atoms with Crippen LogP contribution in [0.3, 0.4) is 0 Å². The van der Waals surface area contributed by atoms with E-state index in [-0.39, 0.29) is 24.0 Å². The van der Waals surface area contributed by atoms with Crippen molar-refractivity contribution >= 4 is 29.9 Å². The molecule has 0 saturated carbocycles. The van der Waals surface area contributed by atoms with Gasteiger partial charge in [-0.2, -0.15) is 0 Å². The summed E-state index contributed by atoms with van der Waals surface area (Å²) in [4.78, 5) is 11.5. The highest BCUT2D eigenvalue weighted by Gasteiger charge is 2.09. The fraction of sp³-hybridized carbons (Fsp3) is 0.500. The summed E-state index contributed by atoms with van der Waals surface area (Å²) in [6, 6.07) is 8.33. The molecule has 27 heavy (non-hydrogen) atoms. The van der Waals surface area contributed by atoms with E-state index in [0.717, 1.165) is 31.3 Å². The Kier molecular flexibility index (Phi) is 9.61. The Bertz CT molecular complexity index is 680. The normalized spacial score (nSPS) is 15.2. The Morgan fingerprint density at radius 1 is 1.15 bits per heavy atom. The molecule has 0 radical (unpaired) electrons. The second-order valence-electron chi connectivity index (χ2n) is 6.62. The number of halogens is 1. The standard InChI is InChI=1S/C20H30N6.HI/c1-2-22-20(23-11-14-25-12-6-3-7-13-25)24-16-18-8-4-5-9-19(18)26-15-10-21-17-26;/h4-5,8-10,15,17H,2-3,6-7,11-14,16H2,1H3,(H2,22,23,24);1H. The maximum absolute atomic E-state index is 4.78. The van der Waals surface area contributed by atoms with Crippen molar-refractivity contribution < 1.29 is 0 Å². The zero-order valence-electron chi connectivity index (χ0n) is 16.1. The fourth-order valence-corrected chi connectivity index (χ4v) is 3.32. The summed E-state index contributed by atoms with van der Waals surface area (Å²) >= 11 is 0. The van der Waals surface area contributed by atoms with E-state index in [2.05, 4.69) is 45.6 Å². The van der Waals surface area contributed by atoms with E-state index in [1.54, 1.807) is 6.20 Å². The largest absolute Gasteiger partial charge is 0.357 e. The van der Waals surface area contributed by atoms with E-state index < -0.39 is 0 Å². The van der Waals surface area contributed by atoms with Gasteiger partial charge in [-0.3, -0.25) is 0 Å². The molecule has 6 nitrogen and oxygen atoms in total. The van der Waals surface area contributed by atoms with Crippen LogP contribution < -0.4 is 10.6 Å². The fourth-order valence-electron chi connectivity index (χ4n) is 3.32. The highest BCUT2D eigenvalue weighted by Crippen LogP contribution is 2.15. The molecular weight excluding hydrogens is 451 g/mol. The Labute approximate surface area is 179 Å². The first kappa shape index (κ1) is 21.7. The number of likely N-dealkylation sites (tertiary alicyclic amines) is 1. The lowest BCUT2D eigenvalue weighted by Gasteiger charge is -2.26. The molecule has 1 aromatic heterocycles. The molecule has 0 amide bonds. The molecule has 0 bridgehead atoms. The van der Waals surface area contributed by atoms with Crippen molar-refractivity contribution in [3.05, 3.63) is 48.5 Å². The van der Waals surface area contributed by atoms with Gasteiger partial charge in [-0.05, 0) is 44.5 Å². The van der Waals surface area contributed by atoms with Gasteiger partial charge in [0, 0.05) is 32.0 Å². The van der Waals surface area contributed by atoms with Gasteiger partial charge in [0.25, 0.3) is 0 Å². The van der Waals surface area contributed by atoms with E-state index >= 15 is 0 Å². The molecule has 2 aromatic rings. The van der Waals surface area contributed by atoms with Crippen LogP contribution in [0, 0.1) is 0 Å². The molecule has 148 valence electrons. The van der Waals surface area contributed by atoms with Crippen molar-refractivity contribution in [1.29, 1.82) is 0 Å². The van der Waals surface area contributed by atoms with Gasteiger partial charge in [0.15, 0.2) is 5.96 Å². The molecule has 3 rings (SSSR count). The van der Waals surface area contributed by atoms with Crippen LogP contribution in [0.5, 0.6) is 0 Å². The van der Waals surface area contributed by atoms with E-state index in [1.165, 1.54) is 37.9 Å². The molecule has 1 aliphatic heterocycles. The van der Waals surface area contributed by atoms with Gasteiger partial charge in [0.1, 0.15) is 0 Å². The zero-order valence-corrected chi connectivity index (χ0v) is 18.4. The second-order valence-corrected chi connectivity index (χ2v) is 6.62. The third kappa shape index (κ3) is 6.80. The molecule has 0 unspecified atom stereocenters. The summed E-state index contributed by atoms with van der Waals surface area (Å²) < 4.78 is 2.03. The number of guanidine groups is 1. The highest BCUT2D eigenvalue weighted by molar-refractivity contribution is 14.0. The Hall–Kier alpha value is -1.61. The molecule has 7 heteroatoms. The highest BCUT2D eigenvalue weighted by atomic mass is 127. The van der Waals surface area contributed by atoms with Crippen LogP contribution >= 0.6 is 24.0 Å². The second kappa shape index (κ2) is 12.0. The van der Waals surface area contributed by atoms with Gasteiger partial charge in [0.2, 0.25) is 0 Å². The molecule has 0 spiro atoms. The first-order valence-corrected chi connectivity index (χ1v) is 9.67. The van der Waals surface area contributed by atoms with Crippen LogP contribution in [0.1, 0.15) is 31.7 Å². The summed E-state index contributed by atoms with van der Waals surface area (Å²) in [6.07, 6.45) is 9.63. The van der Waals surface area contributed by atoms with Crippen LogP contribution in [0.4, 0.5) is 0 Å². The number of para-hydroxylation sites is 1. The molecule has 1 saturated heterocycles. The first-order valence-electron chi connectivity index (χ1n) is 9.67. The number of aliphatic imine (C=N–C) groups is 1. The van der Waals surface area contributed by atoms with Crippen LogP contribution in [-0.2, 0) is 6.54 Å². The number of hydrogen-bond acceptors (Lipinski definition) is 3. The molecule has 1 aromatic carbocycles. The summed E-state index contributed by atoms with van der Waals surface area (Å²) in [6.45, 7) is 8.06. The smallest absolute Gasteiger partial charge is 0.191 e. The minimum Gasteiger partial charge on any atom is -0.357 e. The van der Waals surface area contributed by atoms with Crippen LogP contribution in [-0.4, -0.2) is 53.1 Å². The molecule has 2 N–H and O–H groups in total. The number of nitrogens with zero attached hydrogens (tertiary/aromatic N) is 4. The van der Waals surface area contributed by atoms with Gasteiger partial charge in [-0.15, -0.1) is 24.0 Å². The van der Waals surface area contributed by atoms with Crippen molar-refractivity contribution in [2.24, 2.45) is 4.99 Å². The summed E-state index contributed by atoms with van der Waals surface area (Å²) in [5.41, 5.74) is 2.30. The maximum Gasteiger partial charge on any atom is 0.191 e. The SMILES string of the molecule is CCNC(=NCc1ccccc1-n1ccnc1)NCCN1CCCCC1.I. The maximum atomic E-state index is 4.78. The average Bonchev–Trinajstić information content (AvgIpc) is 3.22. The minimum atomic E-state index is 0. The number of nitrogens with one attached hydrogen (secondary N) is 2. The molecule has 2 heterocycles. The van der Waals surface area contributed by atoms with Gasteiger partial charge in [-0.1, -0.05) is 24.6 Å². The molecule has 0 atom stereocenters. The van der Waals surface area contributed by atoms with Gasteiger partial charge in [-0.25, -0.2) is 9.98 Å². The van der Waals surface area contributed by atoms with Crippen LogP contribution in [0.15, 0.2) is 48.0 Å². The number of benzene rings is 1. The zero-order chi connectivity index (χ0) is 18.0. The van der Waals surface area contributed by atoms with E-state index in [9.17, 15) is 0 Å². The van der Waals surface area contributed by atoms with E-state index in [4.69, 9.17) is 4.99 Å². The Morgan fingerprint density at radius 3 is 2.70 bits per heavy atom. The third-order valence-corrected chi connectivity index (χ3v) is 4.70. The van der Waals surface area contributed by atoms with Crippen molar-refractivity contribution in [3.63, 3.8) is 0 Å². The number of rotatable bonds is 7. The summed E-state index contributed by atoms with van der Waals surface area (Å²) in [7, 11) is 0. The van der Waals surface area contributed by atoms with Crippen molar-refractivity contribution in [2.75, 3.05) is 32.7 Å². The first-order chi connectivity index (χ1) is 12.9. The lowest BCUT2D eigenvalue weighted by Crippen LogP contribution is -2.42. The predicted molar refractivity (Wildman–Crippen MR) is 122 cm³/mol. The summed E-state index contributed by atoms with van der Waals surface area (Å²) in [5.74, 6) is 0.880. The summed E-state index contributed by atoms with van der Waals surface area (Å²) in [5, 5.41) is 6.82. The number of aromatic nitrogens is 2. The van der Waals surface area contributed by atoms with Crippen molar-refractivity contribution in [1.82, 2.24) is 25.1 Å². The Morgan fingerprint density at radius 2 is 1.96 bits per heavy atom. The van der Waals surface area contributed by atoms with Gasteiger partial charge >= 0.3 is 0 Å². The lowest BCUT2D eigenvalue weighted by atomic mass is 10.1. The molecule has 0 aliphatic carbocycles. The van der Waals surface area contributed by atoms with Gasteiger partial charge < -0.3 is 20.1 Å². The number of hydrogen-bond donors (Lipinski definition) is 2. The predicted octanol–water partition coefficient (Wildman–Crippen LogP) is 3.03. The molecular formula is C20H31IN6. The minimum absolute atomic E-state index is 0. The number of imidazole rings is 1. The van der Waals surface area contributed by atoms with Crippen molar-refractivity contribution in [2.45, 2.75) is 32.7 Å². The van der Waals surface area contributed by atoms with Gasteiger partial charge in [0.05, 0.1) is 18.6 Å². The monoisotopic (exact) mass is 482 g/mol. The third-order valence-electron chi connectivity index (χ3n) is 4.70. The number of piperidine rings is 1. The van der Waals surface area contributed by atoms with E-state index in [1.807, 2.05) is 23.2 Å². The topological polar surface area (TPSA) is 57.5 Å². The Balaban J connectivity index is 0.00000261. The van der Waals surface area contributed by atoms with Crippen LogP contribution in [0.2, 0.25) is 0 Å².